The second-order valence-corrected chi connectivity index (χ2v) is 16.4. The highest BCUT2D eigenvalue weighted by Crippen LogP contribution is 2.53. The summed E-state index contributed by atoms with van der Waals surface area (Å²) in [7, 11) is 0. The number of fused-ring (bicyclic) bond motifs is 12. The summed E-state index contributed by atoms with van der Waals surface area (Å²) in [6.45, 7) is 4.72. The molecule has 0 fully saturated rings. The normalized spacial score (nSPS) is 13.1. The molecule has 0 aliphatic heterocycles. The number of furan rings is 1. The molecule has 2 nitrogen and oxygen atoms in total. The van der Waals surface area contributed by atoms with Crippen LogP contribution in [0.3, 0.4) is 0 Å². The average Bonchev–Trinajstić information content (AvgIpc) is 3.78. The Kier molecular flexibility index (Phi) is 7.31. The maximum Gasteiger partial charge on any atom is 0.143 e. The van der Waals surface area contributed by atoms with Crippen LogP contribution in [0.4, 0.5) is 17.1 Å². The van der Waals surface area contributed by atoms with E-state index in [9.17, 15) is 0 Å². The highest BCUT2D eigenvalue weighted by molar-refractivity contribution is 6.30. The van der Waals surface area contributed by atoms with Gasteiger partial charge < -0.3 is 9.32 Å². The number of rotatable bonds is 5. The van der Waals surface area contributed by atoms with Gasteiger partial charge in [0.25, 0.3) is 0 Å². The fourth-order valence-corrected chi connectivity index (χ4v) is 9.99. The van der Waals surface area contributed by atoms with Crippen LogP contribution < -0.4 is 4.90 Å². The molecule has 0 atom stereocenters. The molecule has 1 aliphatic rings. The minimum Gasteiger partial charge on any atom is -0.455 e. The maximum absolute atomic E-state index is 7.11. The average molecular weight is 754 g/mol. The lowest BCUT2D eigenvalue weighted by Gasteiger charge is -2.30. The van der Waals surface area contributed by atoms with Crippen LogP contribution in [0.15, 0.2) is 205 Å². The molecule has 11 aromatic rings. The Bertz CT molecular complexity index is 3460. The van der Waals surface area contributed by atoms with E-state index in [1.807, 2.05) is 0 Å². The molecule has 0 saturated carbocycles. The molecule has 0 saturated heterocycles. The van der Waals surface area contributed by atoms with Crippen LogP contribution in [0.2, 0.25) is 0 Å². The molecule has 1 aromatic heterocycles. The predicted molar refractivity (Wildman–Crippen MR) is 249 cm³/mol. The summed E-state index contributed by atoms with van der Waals surface area (Å²) in [6.07, 6.45) is 0. The largest absolute Gasteiger partial charge is 0.455 e. The first-order valence-electron chi connectivity index (χ1n) is 20.5. The molecule has 1 heterocycles. The Morgan fingerprint density at radius 2 is 0.983 bits per heavy atom. The van der Waals surface area contributed by atoms with Crippen molar-refractivity contribution >= 4 is 71.3 Å². The third-order valence-electron chi connectivity index (χ3n) is 12.8. The smallest absolute Gasteiger partial charge is 0.143 e. The van der Waals surface area contributed by atoms with Crippen LogP contribution in [0, 0.1) is 0 Å². The molecule has 12 rings (SSSR count). The molecule has 2 heteroatoms. The van der Waals surface area contributed by atoms with Crippen LogP contribution in [0.25, 0.3) is 87.6 Å². The fourth-order valence-electron chi connectivity index (χ4n) is 9.99. The summed E-state index contributed by atoms with van der Waals surface area (Å²) in [6, 6.07) is 73.2. The summed E-state index contributed by atoms with van der Waals surface area (Å²) >= 11 is 0. The second kappa shape index (κ2) is 12.8. The lowest BCUT2D eigenvalue weighted by molar-refractivity contribution is 0.660. The van der Waals surface area contributed by atoms with E-state index < -0.39 is 0 Å². The Hall–Kier alpha value is -7.42. The molecular formula is C57H39NO. The van der Waals surface area contributed by atoms with E-state index in [2.05, 4.69) is 219 Å². The van der Waals surface area contributed by atoms with Crippen molar-refractivity contribution in [1.82, 2.24) is 0 Å². The van der Waals surface area contributed by atoms with E-state index in [1.54, 1.807) is 0 Å². The zero-order valence-corrected chi connectivity index (χ0v) is 32.9. The number of nitrogens with zero attached hydrogens (tertiary/aromatic N) is 1. The first-order valence-corrected chi connectivity index (χ1v) is 20.5. The van der Waals surface area contributed by atoms with E-state index in [0.717, 1.165) is 50.0 Å². The molecule has 278 valence electrons. The van der Waals surface area contributed by atoms with Crippen molar-refractivity contribution in [3.63, 3.8) is 0 Å². The Labute approximate surface area is 343 Å². The molecule has 10 aromatic carbocycles. The molecule has 1 aliphatic carbocycles. The third kappa shape index (κ3) is 5.06. The number of hydrogen-bond donors (Lipinski definition) is 0. The molecule has 0 amide bonds. The van der Waals surface area contributed by atoms with Crippen LogP contribution in [-0.2, 0) is 5.41 Å². The number of anilines is 3. The zero-order valence-electron chi connectivity index (χ0n) is 32.9. The van der Waals surface area contributed by atoms with Crippen molar-refractivity contribution in [3.05, 3.63) is 211 Å². The van der Waals surface area contributed by atoms with Crippen molar-refractivity contribution in [2.24, 2.45) is 0 Å². The van der Waals surface area contributed by atoms with Crippen LogP contribution in [0.1, 0.15) is 25.0 Å². The van der Waals surface area contributed by atoms with Gasteiger partial charge in [-0.2, -0.15) is 0 Å². The third-order valence-corrected chi connectivity index (χ3v) is 12.8. The highest BCUT2D eigenvalue weighted by Gasteiger charge is 2.36. The summed E-state index contributed by atoms with van der Waals surface area (Å²) < 4.78 is 7.11. The van der Waals surface area contributed by atoms with Crippen molar-refractivity contribution in [3.8, 4) is 33.4 Å². The van der Waals surface area contributed by atoms with E-state index in [0.29, 0.717) is 0 Å². The van der Waals surface area contributed by atoms with Gasteiger partial charge in [0.1, 0.15) is 11.2 Å². The molecular weight excluding hydrogens is 715 g/mol. The first-order chi connectivity index (χ1) is 29.0. The van der Waals surface area contributed by atoms with E-state index in [4.69, 9.17) is 4.42 Å². The molecule has 0 bridgehead atoms. The molecule has 0 spiro atoms. The lowest BCUT2D eigenvalue weighted by atomic mass is 9.82. The quantitative estimate of drug-likeness (QED) is 0.163. The predicted octanol–water partition coefficient (Wildman–Crippen LogP) is 16.2. The summed E-state index contributed by atoms with van der Waals surface area (Å²) in [5, 5.41) is 9.44. The Morgan fingerprint density at radius 3 is 1.80 bits per heavy atom. The van der Waals surface area contributed by atoms with Gasteiger partial charge in [-0.3, -0.25) is 0 Å². The second-order valence-electron chi connectivity index (χ2n) is 16.4. The van der Waals surface area contributed by atoms with Crippen molar-refractivity contribution < 1.29 is 4.42 Å². The van der Waals surface area contributed by atoms with Crippen LogP contribution >= 0.6 is 0 Å². The Morgan fingerprint density at radius 1 is 0.390 bits per heavy atom. The van der Waals surface area contributed by atoms with Gasteiger partial charge in [0.05, 0.1) is 5.69 Å². The molecule has 0 unspecified atom stereocenters. The zero-order chi connectivity index (χ0) is 39.2. The maximum atomic E-state index is 7.11. The van der Waals surface area contributed by atoms with Gasteiger partial charge in [-0.05, 0) is 96.2 Å². The fraction of sp³-hybridized carbons (Fsp3) is 0.0526. The highest BCUT2D eigenvalue weighted by atomic mass is 16.3. The Balaban J connectivity index is 1.19. The van der Waals surface area contributed by atoms with Crippen LogP contribution in [-0.4, -0.2) is 0 Å². The minimum absolute atomic E-state index is 0.159. The topological polar surface area (TPSA) is 16.4 Å². The minimum atomic E-state index is -0.159. The number of benzene rings is 10. The van der Waals surface area contributed by atoms with E-state index in [1.165, 1.54) is 65.9 Å². The van der Waals surface area contributed by atoms with Gasteiger partial charge in [-0.15, -0.1) is 0 Å². The van der Waals surface area contributed by atoms with E-state index in [-0.39, 0.29) is 5.41 Å². The number of hydrogen-bond acceptors (Lipinski definition) is 2. The van der Waals surface area contributed by atoms with Gasteiger partial charge >= 0.3 is 0 Å². The van der Waals surface area contributed by atoms with Crippen molar-refractivity contribution in [1.29, 1.82) is 0 Å². The van der Waals surface area contributed by atoms with Crippen molar-refractivity contribution in [2.45, 2.75) is 19.3 Å². The van der Waals surface area contributed by atoms with Crippen molar-refractivity contribution in [2.75, 3.05) is 4.90 Å². The first kappa shape index (κ1) is 33.7. The summed E-state index contributed by atoms with van der Waals surface area (Å²) in [4.78, 5) is 2.45. The van der Waals surface area contributed by atoms with Crippen LogP contribution in [0.5, 0.6) is 0 Å². The molecule has 0 N–H and O–H groups in total. The summed E-state index contributed by atoms with van der Waals surface area (Å²) in [5.74, 6) is 0. The van der Waals surface area contributed by atoms with Gasteiger partial charge in [0.2, 0.25) is 0 Å². The SMILES string of the molecule is CC1(C)c2ccccc2-c2ccc(N(c3ccc(-c4ccccc4)cc3)c3cc4oc5c6ccccc6c6ccccc6c5c4cc3-c3cccc4ccccc34)cc21. The van der Waals surface area contributed by atoms with Gasteiger partial charge in [0, 0.05) is 44.6 Å². The van der Waals surface area contributed by atoms with Gasteiger partial charge in [-0.25, -0.2) is 0 Å². The summed E-state index contributed by atoms with van der Waals surface area (Å²) in [5.41, 5.74) is 14.9. The standard InChI is InChI=1S/C57H39NO/c1-57(2)51-26-13-12-22-45(51)46-32-31-40(33-52(46)57)58(39-29-27-37(28-30-39)36-15-4-3-5-16-36)53-35-54-50(34-49(53)42-25-14-18-38-17-6-7-19-41(38)42)55-47-23-10-8-20-43(47)44-21-9-11-24-48(44)56(55)59-54/h3-35H,1-2H3. The molecule has 59 heavy (non-hydrogen) atoms. The monoisotopic (exact) mass is 753 g/mol. The lowest BCUT2D eigenvalue weighted by Crippen LogP contribution is -2.17. The van der Waals surface area contributed by atoms with Gasteiger partial charge in [-0.1, -0.05) is 178 Å². The molecule has 0 radical (unpaired) electrons. The van der Waals surface area contributed by atoms with Gasteiger partial charge in [0.15, 0.2) is 0 Å². The van der Waals surface area contributed by atoms with E-state index >= 15 is 0 Å².